The molecule has 0 bridgehead atoms. The van der Waals surface area contributed by atoms with Gasteiger partial charge in [-0.05, 0) is 12.1 Å². The summed E-state index contributed by atoms with van der Waals surface area (Å²) in [5.74, 6) is -0.178. The van der Waals surface area contributed by atoms with Crippen LogP contribution in [-0.4, -0.2) is 51.4 Å². The van der Waals surface area contributed by atoms with Crippen molar-refractivity contribution in [2.45, 2.75) is 0 Å². The van der Waals surface area contributed by atoms with Crippen molar-refractivity contribution in [2.24, 2.45) is 0 Å². The summed E-state index contributed by atoms with van der Waals surface area (Å²) < 4.78 is 11.9. The van der Waals surface area contributed by atoms with Crippen LogP contribution in [0.1, 0.15) is 0 Å². The van der Waals surface area contributed by atoms with Gasteiger partial charge in [0.05, 0.1) is 0 Å². The molecule has 2 heteroatoms. The van der Waals surface area contributed by atoms with E-state index in [1.165, 1.54) is 12.1 Å². The average Bonchev–Trinajstić information content (AvgIpc) is 1.69. The summed E-state index contributed by atoms with van der Waals surface area (Å²) >= 11 is 0. The molecule has 0 spiro atoms. The molecule has 0 aliphatic heterocycles. The van der Waals surface area contributed by atoms with Crippen LogP contribution in [0.4, 0.5) is 4.39 Å². The van der Waals surface area contributed by atoms with Crippen molar-refractivity contribution < 1.29 is 4.39 Å². The maximum atomic E-state index is 11.9. The Morgan fingerprint density at radius 3 is 1.75 bits per heavy atom. The minimum atomic E-state index is -0.178. The topological polar surface area (TPSA) is 0 Å². The third-order valence-corrected chi connectivity index (χ3v) is 0.733. The van der Waals surface area contributed by atoms with Gasteiger partial charge in [0.15, 0.2) is 0 Å². The van der Waals surface area contributed by atoms with E-state index in [2.05, 4.69) is 0 Å². The van der Waals surface area contributed by atoms with Gasteiger partial charge in [0.25, 0.3) is 0 Å². The SMILES string of the molecule is Fc1ccccc1.[K]. The van der Waals surface area contributed by atoms with Crippen molar-refractivity contribution in [1.82, 2.24) is 0 Å². The van der Waals surface area contributed by atoms with Crippen LogP contribution in [0.25, 0.3) is 0 Å². The normalized spacial score (nSPS) is 7.62. The minimum Gasteiger partial charge on any atom is -0.207 e. The zero-order valence-electron chi connectivity index (χ0n) is 4.76. The van der Waals surface area contributed by atoms with Crippen molar-refractivity contribution >= 4 is 51.4 Å². The number of hydrogen-bond acceptors (Lipinski definition) is 0. The molecule has 0 aliphatic rings. The maximum Gasteiger partial charge on any atom is 0.123 e. The first-order valence-corrected chi connectivity index (χ1v) is 2.10. The van der Waals surface area contributed by atoms with Crippen LogP contribution < -0.4 is 0 Å². The molecule has 8 heavy (non-hydrogen) atoms. The van der Waals surface area contributed by atoms with Gasteiger partial charge in [0.2, 0.25) is 0 Å². The van der Waals surface area contributed by atoms with Crippen LogP contribution >= 0.6 is 0 Å². The minimum absolute atomic E-state index is 0. The molecule has 1 aromatic carbocycles. The molecule has 0 unspecified atom stereocenters. The fourth-order valence-corrected chi connectivity index (χ4v) is 0.415. The molecule has 0 N–H and O–H groups in total. The first kappa shape index (κ1) is 8.79. The van der Waals surface area contributed by atoms with E-state index in [0.29, 0.717) is 0 Å². The monoisotopic (exact) mass is 135 g/mol. The Bertz CT molecular complexity index is 138. The Morgan fingerprint density at radius 2 is 1.50 bits per heavy atom. The predicted octanol–water partition coefficient (Wildman–Crippen LogP) is 1.44. The zero-order valence-corrected chi connectivity index (χ0v) is 7.89. The van der Waals surface area contributed by atoms with E-state index < -0.39 is 0 Å². The third kappa shape index (κ3) is 2.94. The van der Waals surface area contributed by atoms with E-state index in [0.717, 1.165) is 0 Å². The molecule has 0 heterocycles. The molecule has 1 rings (SSSR count). The Kier molecular flexibility index (Phi) is 5.10. The molecule has 0 atom stereocenters. The molecule has 0 aromatic heterocycles. The maximum absolute atomic E-state index is 11.9. The van der Waals surface area contributed by atoms with Gasteiger partial charge in [-0.15, -0.1) is 0 Å². The first-order chi connectivity index (χ1) is 3.39. The fourth-order valence-electron chi connectivity index (χ4n) is 0.415. The van der Waals surface area contributed by atoms with Crippen LogP contribution in [0.15, 0.2) is 30.3 Å². The van der Waals surface area contributed by atoms with Crippen molar-refractivity contribution in [3.8, 4) is 0 Å². The number of halogens is 1. The van der Waals surface area contributed by atoms with Gasteiger partial charge in [0.1, 0.15) is 5.82 Å². The van der Waals surface area contributed by atoms with E-state index in [1.807, 2.05) is 0 Å². The zero-order chi connectivity index (χ0) is 5.11. The summed E-state index contributed by atoms with van der Waals surface area (Å²) in [6.07, 6.45) is 0. The van der Waals surface area contributed by atoms with Crippen LogP contribution in [-0.2, 0) is 0 Å². The molecule has 0 amide bonds. The van der Waals surface area contributed by atoms with Crippen LogP contribution in [0.3, 0.4) is 0 Å². The largest absolute Gasteiger partial charge is 0.207 e. The average molecular weight is 135 g/mol. The van der Waals surface area contributed by atoms with Crippen LogP contribution in [0, 0.1) is 5.82 Å². The molecule has 37 valence electrons. The molecule has 0 fully saturated rings. The molecule has 0 nitrogen and oxygen atoms in total. The van der Waals surface area contributed by atoms with Gasteiger partial charge < -0.3 is 0 Å². The van der Waals surface area contributed by atoms with Crippen LogP contribution in [0.5, 0.6) is 0 Å². The standard InChI is InChI=1S/C6H5F.K/c7-6-4-2-1-3-5-6;/h1-5H;. The second-order valence-electron chi connectivity index (χ2n) is 1.30. The second kappa shape index (κ2) is 4.65. The van der Waals surface area contributed by atoms with Crippen molar-refractivity contribution in [1.29, 1.82) is 0 Å². The van der Waals surface area contributed by atoms with E-state index in [1.54, 1.807) is 18.2 Å². The summed E-state index contributed by atoms with van der Waals surface area (Å²) in [4.78, 5) is 0. The van der Waals surface area contributed by atoms with E-state index >= 15 is 0 Å². The van der Waals surface area contributed by atoms with Crippen molar-refractivity contribution in [3.63, 3.8) is 0 Å². The second-order valence-corrected chi connectivity index (χ2v) is 1.30. The molecular formula is C6H5FK. The molecule has 1 aromatic rings. The Morgan fingerprint density at radius 1 is 1.00 bits per heavy atom. The summed E-state index contributed by atoms with van der Waals surface area (Å²) in [5, 5.41) is 0. The van der Waals surface area contributed by atoms with Gasteiger partial charge in [0, 0.05) is 51.4 Å². The number of benzene rings is 1. The van der Waals surface area contributed by atoms with Crippen LogP contribution in [0.2, 0.25) is 0 Å². The Labute approximate surface area is 90.5 Å². The van der Waals surface area contributed by atoms with E-state index in [-0.39, 0.29) is 57.2 Å². The fraction of sp³-hybridized carbons (Fsp3) is 0. The van der Waals surface area contributed by atoms with E-state index in [9.17, 15) is 4.39 Å². The molecule has 0 aliphatic carbocycles. The number of rotatable bonds is 0. The van der Waals surface area contributed by atoms with Crippen molar-refractivity contribution in [2.75, 3.05) is 0 Å². The first-order valence-electron chi connectivity index (χ1n) is 2.10. The third-order valence-electron chi connectivity index (χ3n) is 0.733. The summed E-state index contributed by atoms with van der Waals surface area (Å²) in [6.45, 7) is 0. The molecule has 0 saturated carbocycles. The van der Waals surface area contributed by atoms with Gasteiger partial charge in [-0.3, -0.25) is 0 Å². The van der Waals surface area contributed by atoms with Gasteiger partial charge in [-0.1, -0.05) is 18.2 Å². The van der Waals surface area contributed by atoms with Gasteiger partial charge >= 0.3 is 0 Å². The quantitative estimate of drug-likeness (QED) is 0.472. The molecule has 1 radical (unpaired) electrons. The summed E-state index contributed by atoms with van der Waals surface area (Å²) in [7, 11) is 0. The Balaban J connectivity index is 0.000000490. The molecule has 0 saturated heterocycles. The van der Waals surface area contributed by atoms with Crippen molar-refractivity contribution in [3.05, 3.63) is 36.1 Å². The number of hydrogen-bond donors (Lipinski definition) is 0. The van der Waals surface area contributed by atoms with Gasteiger partial charge in [-0.25, -0.2) is 4.39 Å². The van der Waals surface area contributed by atoms with Gasteiger partial charge in [-0.2, -0.15) is 0 Å². The smallest absolute Gasteiger partial charge is 0.123 e. The summed E-state index contributed by atoms with van der Waals surface area (Å²) in [6, 6.07) is 7.94. The predicted molar refractivity (Wildman–Crippen MR) is 32.2 cm³/mol. The Hall–Kier alpha value is 0.786. The summed E-state index contributed by atoms with van der Waals surface area (Å²) in [5.41, 5.74) is 0. The molecular weight excluding hydrogens is 130 g/mol. The van der Waals surface area contributed by atoms with E-state index in [4.69, 9.17) is 0 Å².